The Morgan fingerprint density at radius 1 is 0.852 bits per heavy atom. The first-order valence-corrected chi connectivity index (χ1v) is 8.05. The van der Waals surface area contributed by atoms with Gasteiger partial charge in [-0.25, -0.2) is 0 Å². The summed E-state index contributed by atoms with van der Waals surface area (Å²) in [6.07, 6.45) is 0. The molecular formula is C19H19N3O5. The molecule has 0 saturated heterocycles. The number of aromatic nitrogens is 1. The topological polar surface area (TPSA) is 102 Å². The van der Waals surface area contributed by atoms with Crippen LogP contribution in [0.2, 0.25) is 0 Å². The first kappa shape index (κ1) is 18.1. The third kappa shape index (κ3) is 3.64. The quantitative estimate of drug-likeness (QED) is 0.599. The molecule has 1 heterocycles. The van der Waals surface area contributed by atoms with Crippen LogP contribution < -0.4 is 25.1 Å². The maximum absolute atomic E-state index is 12.4. The molecule has 27 heavy (non-hydrogen) atoms. The predicted molar refractivity (Wildman–Crippen MR) is 99.3 cm³/mol. The lowest BCUT2D eigenvalue weighted by Gasteiger charge is -2.14. The van der Waals surface area contributed by atoms with Crippen LogP contribution in [0.5, 0.6) is 17.2 Å². The molecule has 3 rings (SSSR count). The molecule has 0 radical (unpaired) electrons. The molecule has 0 fully saturated rings. The number of para-hydroxylation sites is 1. The molecule has 140 valence electrons. The van der Waals surface area contributed by atoms with Crippen LogP contribution in [0.15, 0.2) is 42.5 Å². The fourth-order valence-electron chi connectivity index (χ4n) is 2.66. The second-order valence-electron chi connectivity index (χ2n) is 5.59. The molecule has 2 amide bonds. The number of methoxy groups -OCH3 is 3. The molecule has 2 aromatic carbocycles. The van der Waals surface area contributed by atoms with Crippen LogP contribution in [0, 0.1) is 0 Å². The highest BCUT2D eigenvalue weighted by atomic mass is 16.5. The minimum Gasteiger partial charge on any atom is -0.493 e. The van der Waals surface area contributed by atoms with Gasteiger partial charge in [0.25, 0.3) is 11.8 Å². The average molecular weight is 369 g/mol. The minimum atomic E-state index is -0.529. The standard InChI is InChI=1S/C19H19N3O5/c1-25-15-9-12(10-16(26-2)17(15)27-3)18(23)21-22-19(24)14-8-11-6-4-5-7-13(11)20-14/h4-10,20H,1-3H3,(H,21,23)(H,22,24). The zero-order chi connectivity index (χ0) is 19.4. The number of nitrogens with one attached hydrogen (secondary N) is 3. The molecule has 8 nitrogen and oxygen atoms in total. The molecule has 0 atom stereocenters. The predicted octanol–water partition coefficient (Wildman–Crippen LogP) is 2.27. The number of hydrogen-bond donors (Lipinski definition) is 3. The van der Waals surface area contributed by atoms with Crippen molar-refractivity contribution >= 4 is 22.7 Å². The number of aromatic amines is 1. The molecule has 3 aromatic rings. The number of fused-ring (bicyclic) bond motifs is 1. The largest absolute Gasteiger partial charge is 0.493 e. The molecule has 0 unspecified atom stereocenters. The van der Waals surface area contributed by atoms with Crippen molar-refractivity contribution in [1.29, 1.82) is 0 Å². The lowest BCUT2D eigenvalue weighted by molar-refractivity contribution is 0.0844. The Balaban J connectivity index is 1.74. The molecule has 0 saturated carbocycles. The van der Waals surface area contributed by atoms with Crippen molar-refractivity contribution < 1.29 is 23.8 Å². The van der Waals surface area contributed by atoms with Crippen molar-refractivity contribution in [3.63, 3.8) is 0 Å². The van der Waals surface area contributed by atoms with Crippen molar-refractivity contribution in [3.8, 4) is 17.2 Å². The van der Waals surface area contributed by atoms with E-state index in [0.29, 0.717) is 22.9 Å². The Morgan fingerprint density at radius 2 is 1.48 bits per heavy atom. The second-order valence-corrected chi connectivity index (χ2v) is 5.59. The van der Waals surface area contributed by atoms with Crippen LogP contribution in [-0.2, 0) is 0 Å². The van der Waals surface area contributed by atoms with Crippen LogP contribution >= 0.6 is 0 Å². The van der Waals surface area contributed by atoms with E-state index in [-0.39, 0.29) is 5.56 Å². The van der Waals surface area contributed by atoms with Gasteiger partial charge in [-0.05, 0) is 24.3 Å². The molecule has 0 spiro atoms. The van der Waals surface area contributed by atoms with Crippen molar-refractivity contribution in [2.45, 2.75) is 0 Å². The van der Waals surface area contributed by atoms with E-state index in [1.165, 1.54) is 33.5 Å². The molecule has 0 aliphatic rings. The van der Waals surface area contributed by atoms with E-state index in [9.17, 15) is 9.59 Å². The highest BCUT2D eigenvalue weighted by Crippen LogP contribution is 2.38. The van der Waals surface area contributed by atoms with E-state index in [0.717, 1.165) is 10.9 Å². The molecule has 0 aliphatic carbocycles. The van der Waals surface area contributed by atoms with Crippen molar-refractivity contribution in [3.05, 3.63) is 53.7 Å². The SMILES string of the molecule is COc1cc(C(=O)NNC(=O)c2cc3ccccc3[nH]2)cc(OC)c1OC. The van der Waals surface area contributed by atoms with Crippen molar-refractivity contribution in [1.82, 2.24) is 15.8 Å². The Bertz CT molecular complexity index is 938. The van der Waals surface area contributed by atoms with E-state index in [1.807, 2.05) is 24.3 Å². The number of amides is 2. The van der Waals surface area contributed by atoms with E-state index in [1.54, 1.807) is 6.07 Å². The van der Waals surface area contributed by atoms with Gasteiger partial charge in [0.2, 0.25) is 5.75 Å². The summed E-state index contributed by atoms with van der Waals surface area (Å²) in [5, 5.41) is 0.901. The number of rotatable bonds is 5. The van der Waals surface area contributed by atoms with E-state index in [2.05, 4.69) is 15.8 Å². The molecule has 8 heteroatoms. The summed E-state index contributed by atoms with van der Waals surface area (Å²) in [4.78, 5) is 27.7. The van der Waals surface area contributed by atoms with Gasteiger partial charge in [-0.3, -0.25) is 20.4 Å². The average Bonchev–Trinajstić information content (AvgIpc) is 3.14. The van der Waals surface area contributed by atoms with Gasteiger partial charge in [0, 0.05) is 16.5 Å². The smallest absolute Gasteiger partial charge is 0.286 e. The lowest BCUT2D eigenvalue weighted by atomic mass is 10.1. The molecule has 1 aromatic heterocycles. The van der Waals surface area contributed by atoms with E-state index < -0.39 is 11.8 Å². The highest BCUT2D eigenvalue weighted by Gasteiger charge is 2.18. The molecule has 0 aliphatic heterocycles. The first-order chi connectivity index (χ1) is 13.1. The van der Waals surface area contributed by atoms with E-state index in [4.69, 9.17) is 14.2 Å². The van der Waals surface area contributed by atoms with Crippen LogP contribution in [0.4, 0.5) is 0 Å². The zero-order valence-corrected chi connectivity index (χ0v) is 15.1. The lowest BCUT2D eigenvalue weighted by Crippen LogP contribution is -2.41. The summed E-state index contributed by atoms with van der Waals surface area (Å²) in [6, 6.07) is 12.2. The van der Waals surface area contributed by atoms with Crippen LogP contribution in [0.3, 0.4) is 0 Å². The highest BCUT2D eigenvalue weighted by molar-refractivity contribution is 6.01. The van der Waals surface area contributed by atoms with Gasteiger partial charge in [-0.1, -0.05) is 18.2 Å². The third-order valence-corrected chi connectivity index (χ3v) is 3.99. The number of carbonyl (C=O) groups is 2. The number of carbonyl (C=O) groups excluding carboxylic acids is 2. The number of H-pyrrole nitrogens is 1. The third-order valence-electron chi connectivity index (χ3n) is 3.99. The normalized spacial score (nSPS) is 10.3. The van der Waals surface area contributed by atoms with Gasteiger partial charge in [-0.2, -0.15) is 0 Å². The minimum absolute atomic E-state index is 0.237. The maximum atomic E-state index is 12.4. The van der Waals surface area contributed by atoms with Crippen molar-refractivity contribution in [2.75, 3.05) is 21.3 Å². The molecular weight excluding hydrogens is 350 g/mol. The number of hydrogen-bond acceptors (Lipinski definition) is 5. The summed E-state index contributed by atoms with van der Waals surface area (Å²) >= 11 is 0. The Labute approximate surface area is 155 Å². The summed E-state index contributed by atoms with van der Waals surface area (Å²) < 4.78 is 15.7. The monoisotopic (exact) mass is 369 g/mol. The Morgan fingerprint density at radius 3 is 2.07 bits per heavy atom. The first-order valence-electron chi connectivity index (χ1n) is 8.05. The number of ether oxygens (including phenoxy) is 3. The number of hydrazine groups is 1. The fraction of sp³-hybridized carbons (Fsp3) is 0.158. The van der Waals surface area contributed by atoms with Gasteiger partial charge >= 0.3 is 0 Å². The fourth-order valence-corrected chi connectivity index (χ4v) is 2.66. The van der Waals surface area contributed by atoms with Crippen LogP contribution in [-0.4, -0.2) is 38.1 Å². The number of benzene rings is 2. The van der Waals surface area contributed by atoms with E-state index >= 15 is 0 Å². The van der Waals surface area contributed by atoms with Gasteiger partial charge in [0.1, 0.15) is 5.69 Å². The summed E-state index contributed by atoms with van der Waals surface area (Å²) in [5.41, 5.74) is 6.15. The van der Waals surface area contributed by atoms with Gasteiger partial charge in [0.05, 0.1) is 21.3 Å². The summed E-state index contributed by atoms with van der Waals surface area (Å²) in [6.45, 7) is 0. The van der Waals surface area contributed by atoms with Gasteiger partial charge in [0.15, 0.2) is 11.5 Å². The Kier molecular flexibility index (Phi) is 5.16. The molecule has 0 bridgehead atoms. The van der Waals surface area contributed by atoms with Crippen LogP contribution in [0.25, 0.3) is 10.9 Å². The zero-order valence-electron chi connectivity index (χ0n) is 15.1. The maximum Gasteiger partial charge on any atom is 0.286 e. The molecule has 3 N–H and O–H groups in total. The Hall–Kier alpha value is -3.68. The summed E-state index contributed by atoms with van der Waals surface area (Å²) in [7, 11) is 4.38. The summed E-state index contributed by atoms with van der Waals surface area (Å²) in [5.74, 6) is 0.0530. The van der Waals surface area contributed by atoms with Crippen molar-refractivity contribution in [2.24, 2.45) is 0 Å². The van der Waals surface area contributed by atoms with Gasteiger partial charge in [-0.15, -0.1) is 0 Å². The second kappa shape index (κ2) is 7.69. The van der Waals surface area contributed by atoms with Gasteiger partial charge < -0.3 is 19.2 Å². The van der Waals surface area contributed by atoms with Crippen LogP contribution in [0.1, 0.15) is 20.8 Å².